The maximum absolute atomic E-state index is 12.1. The van der Waals surface area contributed by atoms with Crippen LogP contribution >= 0.6 is 0 Å². The van der Waals surface area contributed by atoms with E-state index in [0.29, 0.717) is 6.42 Å². The van der Waals surface area contributed by atoms with Gasteiger partial charge in [-0.25, -0.2) is 0 Å². The van der Waals surface area contributed by atoms with Crippen molar-refractivity contribution in [3.8, 4) is 0 Å². The van der Waals surface area contributed by atoms with Crippen molar-refractivity contribution in [3.63, 3.8) is 0 Å². The predicted octanol–water partition coefficient (Wildman–Crippen LogP) is 1.56. The summed E-state index contributed by atoms with van der Waals surface area (Å²) in [6.45, 7) is 3.85. The van der Waals surface area contributed by atoms with Gasteiger partial charge in [0.25, 0.3) is 0 Å². The zero-order valence-corrected chi connectivity index (χ0v) is 13.2. The summed E-state index contributed by atoms with van der Waals surface area (Å²) in [5, 5.41) is 13.5. The quantitative estimate of drug-likeness (QED) is 0.625. The lowest BCUT2D eigenvalue weighted by Crippen LogP contribution is -2.50. The summed E-state index contributed by atoms with van der Waals surface area (Å²) in [5.41, 5.74) is 8.07. The number of aliphatic hydroxyl groups excluding tert-OH is 1. The second-order valence-electron chi connectivity index (χ2n) is 5.86. The molecule has 1 heterocycles. The number of aromatic amines is 1. The number of benzene rings is 1. The molecule has 5 nitrogen and oxygen atoms in total. The van der Waals surface area contributed by atoms with Gasteiger partial charge in [-0.15, -0.1) is 0 Å². The van der Waals surface area contributed by atoms with Crippen LogP contribution in [0.15, 0.2) is 30.5 Å². The number of H-pyrrole nitrogens is 1. The van der Waals surface area contributed by atoms with Crippen LogP contribution in [0.25, 0.3) is 10.9 Å². The van der Waals surface area contributed by atoms with E-state index in [1.807, 2.05) is 44.3 Å². The number of carbonyl (C=O) groups is 1. The van der Waals surface area contributed by atoms with E-state index in [9.17, 15) is 9.90 Å². The molecule has 0 aliphatic carbocycles. The number of amides is 1. The third-order valence-electron chi connectivity index (χ3n) is 4.27. The molecule has 0 aliphatic heterocycles. The number of rotatable bonds is 7. The summed E-state index contributed by atoms with van der Waals surface area (Å²) < 4.78 is 0. The fraction of sp³-hybridized carbons (Fsp3) is 0.471. The maximum Gasteiger partial charge on any atom is 0.237 e. The van der Waals surface area contributed by atoms with Gasteiger partial charge < -0.3 is 21.1 Å². The Kier molecular flexibility index (Phi) is 5.57. The average Bonchev–Trinajstić information content (AvgIpc) is 2.95. The van der Waals surface area contributed by atoms with Gasteiger partial charge in [0.15, 0.2) is 0 Å². The van der Waals surface area contributed by atoms with Crippen LogP contribution in [-0.2, 0) is 11.2 Å². The van der Waals surface area contributed by atoms with Crippen LogP contribution in [0, 0.1) is 5.92 Å². The van der Waals surface area contributed by atoms with Crippen molar-refractivity contribution in [1.29, 1.82) is 0 Å². The lowest BCUT2D eigenvalue weighted by Gasteiger charge is -2.22. The number of aliphatic hydroxyl groups is 1. The molecule has 1 amide bonds. The van der Waals surface area contributed by atoms with Crippen molar-refractivity contribution < 1.29 is 9.90 Å². The molecule has 1 aromatic heterocycles. The first-order chi connectivity index (χ1) is 10.6. The van der Waals surface area contributed by atoms with E-state index < -0.39 is 6.04 Å². The molecule has 5 N–H and O–H groups in total. The third-order valence-corrected chi connectivity index (χ3v) is 4.27. The van der Waals surface area contributed by atoms with E-state index >= 15 is 0 Å². The molecule has 1 aromatic carbocycles. The van der Waals surface area contributed by atoms with Gasteiger partial charge in [0, 0.05) is 17.1 Å². The molecule has 22 heavy (non-hydrogen) atoms. The Labute approximate surface area is 130 Å². The minimum Gasteiger partial charge on any atom is -0.394 e. The summed E-state index contributed by atoms with van der Waals surface area (Å²) in [6, 6.07) is 7.11. The lowest BCUT2D eigenvalue weighted by molar-refractivity contribution is -0.124. The molecule has 0 radical (unpaired) electrons. The van der Waals surface area contributed by atoms with Gasteiger partial charge in [0.05, 0.1) is 18.7 Å². The van der Waals surface area contributed by atoms with Crippen molar-refractivity contribution in [3.05, 3.63) is 36.0 Å². The number of aromatic nitrogens is 1. The monoisotopic (exact) mass is 303 g/mol. The molecule has 0 bridgehead atoms. The summed E-state index contributed by atoms with van der Waals surface area (Å²) in [7, 11) is 0. The highest BCUT2D eigenvalue weighted by Gasteiger charge is 2.22. The molecule has 0 spiro atoms. The molecule has 2 rings (SSSR count). The molecule has 0 saturated carbocycles. The summed E-state index contributed by atoms with van der Waals surface area (Å²) in [6.07, 6.45) is 3.34. The van der Waals surface area contributed by atoms with Crippen molar-refractivity contribution in [2.45, 2.75) is 38.8 Å². The van der Waals surface area contributed by atoms with E-state index in [1.54, 1.807) is 0 Å². The number of carbonyl (C=O) groups excluding carboxylic acids is 1. The first-order valence-electron chi connectivity index (χ1n) is 7.78. The second kappa shape index (κ2) is 7.42. The van der Waals surface area contributed by atoms with Crippen molar-refractivity contribution in [2.24, 2.45) is 11.7 Å². The summed E-state index contributed by atoms with van der Waals surface area (Å²) in [4.78, 5) is 15.4. The van der Waals surface area contributed by atoms with E-state index in [4.69, 9.17) is 5.73 Å². The van der Waals surface area contributed by atoms with E-state index in [1.165, 1.54) is 0 Å². The molecule has 0 aliphatic rings. The molecule has 0 saturated heterocycles. The van der Waals surface area contributed by atoms with E-state index in [0.717, 1.165) is 22.9 Å². The average molecular weight is 303 g/mol. The maximum atomic E-state index is 12.1. The Hall–Kier alpha value is -1.85. The van der Waals surface area contributed by atoms with Crippen LogP contribution in [-0.4, -0.2) is 34.7 Å². The number of nitrogens with two attached hydrogens (primary N) is 1. The van der Waals surface area contributed by atoms with Gasteiger partial charge in [-0.05, 0) is 24.0 Å². The fourth-order valence-corrected chi connectivity index (χ4v) is 2.54. The fourth-order valence-electron chi connectivity index (χ4n) is 2.54. The van der Waals surface area contributed by atoms with Gasteiger partial charge in [0.2, 0.25) is 5.91 Å². The van der Waals surface area contributed by atoms with Crippen molar-refractivity contribution in [1.82, 2.24) is 10.3 Å². The lowest BCUT2D eigenvalue weighted by atomic mass is 9.98. The number of hydrogen-bond acceptors (Lipinski definition) is 3. The minimum absolute atomic E-state index is 0.113. The second-order valence-corrected chi connectivity index (χ2v) is 5.86. The number of fused-ring (bicyclic) bond motifs is 1. The zero-order chi connectivity index (χ0) is 16.1. The molecular weight excluding hydrogens is 278 g/mol. The van der Waals surface area contributed by atoms with Gasteiger partial charge in [0.1, 0.15) is 0 Å². The Morgan fingerprint density at radius 2 is 2.14 bits per heavy atom. The normalized spacial score (nSPS) is 15.5. The summed E-state index contributed by atoms with van der Waals surface area (Å²) >= 11 is 0. The largest absolute Gasteiger partial charge is 0.394 e. The van der Waals surface area contributed by atoms with Crippen LogP contribution in [0.5, 0.6) is 0 Å². The molecule has 3 unspecified atom stereocenters. The van der Waals surface area contributed by atoms with Crippen LogP contribution in [0.3, 0.4) is 0 Å². The van der Waals surface area contributed by atoms with Crippen molar-refractivity contribution >= 4 is 16.8 Å². The first kappa shape index (κ1) is 16.5. The van der Waals surface area contributed by atoms with Gasteiger partial charge in [-0.2, -0.15) is 0 Å². The van der Waals surface area contributed by atoms with Crippen LogP contribution in [0.4, 0.5) is 0 Å². The van der Waals surface area contributed by atoms with Crippen molar-refractivity contribution in [2.75, 3.05) is 6.61 Å². The number of para-hydroxylation sites is 1. The molecule has 0 fully saturated rings. The molecule has 120 valence electrons. The Balaban J connectivity index is 2.05. The number of nitrogens with one attached hydrogen (secondary N) is 2. The Bertz CT molecular complexity index is 623. The highest BCUT2D eigenvalue weighted by Crippen LogP contribution is 2.19. The Morgan fingerprint density at radius 1 is 1.41 bits per heavy atom. The van der Waals surface area contributed by atoms with E-state index in [-0.39, 0.29) is 24.5 Å². The van der Waals surface area contributed by atoms with Crippen LogP contribution in [0.1, 0.15) is 25.8 Å². The van der Waals surface area contributed by atoms with Gasteiger partial charge in [-0.1, -0.05) is 38.5 Å². The molecule has 3 atom stereocenters. The topological polar surface area (TPSA) is 91.1 Å². The highest BCUT2D eigenvalue weighted by molar-refractivity contribution is 5.84. The van der Waals surface area contributed by atoms with Gasteiger partial charge >= 0.3 is 0 Å². The van der Waals surface area contributed by atoms with Crippen LogP contribution in [0.2, 0.25) is 0 Å². The van der Waals surface area contributed by atoms with E-state index in [2.05, 4.69) is 10.3 Å². The minimum atomic E-state index is -0.540. The molecule has 5 heteroatoms. The zero-order valence-electron chi connectivity index (χ0n) is 13.2. The number of hydrogen-bond donors (Lipinski definition) is 4. The molecule has 2 aromatic rings. The standard InChI is InChI=1S/C17H25N3O2/c1-3-11(2)16(18)17(22)20-13(10-21)8-12-9-19-15-7-5-4-6-14(12)15/h4-7,9,11,13,16,19,21H,3,8,10,18H2,1-2H3,(H,20,22). The first-order valence-corrected chi connectivity index (χ1v) is 7.78. The summed E-state index contributed by atoms with van der Waals surface area (Å²) in [5.74, 6) is -0.0827. The highest BCUT2D eigenvalue weighted by atomic mass is 16.3. The Morgan fingerprint density at radius 3 is 2.82 bits per heavy atom. The molecular formula is C17H25N3O2. The predicted molar refractivity (Wildman–Crippen MR) is 88.4 cm³/mol. The van der Waals surface area contributed by atoms with Crippen LogP contribution < -0.4 is 11.1 Å². The smallest absolute Gasteiger partial charge is 0.237 e. The third kappa shape index (κ3) is 3.67. The van der Waals surface area contributed by atoms with Gasteiger partial charge in [-0.3, -0.25) is 4.79 Å². The SMILES string of the molecule is CCC(C)C(N)C(=O)NC(CO)Cc1c[nH]c2ccccc12.